The minimum atomic E-state index is 0.245. The van der Waals surface area contributed by atoms with Crippen molar-refractivity contribution in [3.05, 3.63) is 29.8 Å². The highest BCUT2D eigenvalue weighted by Crippen LogP contribution is 2.27. The molecule has 1 saturated carbocycles. The SMILES string of the molecule is Cc1cccc(N(C)C(=O)C2CCCCC2)c1. The van der Waals surface area contributed by atoms with Gasteiger partial charge in [0, 0.05) is 18.7 Å². The zero-order valence-corrected chi connectivity index (χ0v) is 10.8. The van der Waals surface area contributed by atoms with Gasteiger partial charge in [0.15, 0.2) is 0 Å². The summed E-state index contributed by atoms with van der Waals surface area (Å²) in [5.41, 5.74) is 2.21. The average molecular weight is 231 g/mol. The third kappa shape index (κ3) is 2.87. The molecule has 1 aromatic rings. The van der Waals surface area contributed by atoms with Crippen molar-refractivity contribution >= 4 is 11.6 Å². The number of carbonyl (C=O) groups is 1. The summed E-state index contributed by atoms with van der Waals surface area (Å²) in [4.78, 5) is 14.2. The van der Waals surface area contributed by atoms with E-state index in [0.717, 1.165) is 18.5 Å². The molecular weight excluding hydrogens is 210 g/mol. The molecule has 0 aliphatic heterocycles. The summed E-state index contributed by atoms with van der Waals surface area (Å²) in [5.74, 6) is 0.532. The van der Waals surface area contributed by atoms with Gasteiger partial charge in [-0.25, -0.2) is 0 Å². The second-order valence-corrected chi connectivity index (χ2v) is 5.07. The Morgan fingerprint density at radius 1 is 1.24 bits per heavy atom. The maximum atomic E-state index is 12.3. The van der Waals surface area contributed by atoms with Crippen molar-refractivity contribution in [2.45, 2.75) is 39.0 Å². The Kier molecular flexibility index (Phi) is 3.82. The summed E-state index contributed by atoms with van der Waals surface area (Å²) < 4.78 is 0. The summed E-state index contributed by atoms with van der Waals surface area (Å²) in [6.45, 7) is 2.06. The van der Waals surface area contributed by atoms with Gasteiger partial charge >= 0.3 is 0 Å². The van der Waals surface area contributed by atoms with Gasteiger partial charge in [0.05, 0.1) is 0 Å². The second kappa shape index (κ2) is 5.35. The van der Waals surface area contributed by atoms with Crippen LogP contribution in [0, 0.1) is 12.8 Å². The van der Waals surface area contributed by atoms with E-state index in [4.69, 9.17) is 0 Å². The van der Waals surface area contributed by atoms with Crippen LogP contribution in [-0.4, -0.2) is 13.0 Å². The predicted octanol–water partition coefficient (Wildman–Crippen LogP) is 3.54. The van der Waals surface area contributed by atoms with Crippen molar-refractivity contribution in [1.29, 1.82) is 0 Å². The lowest BCUT2D eigenvalue weighted by Gasteiger charge is -2.26. The van der Waals surface area contributed by atoms with Gasteiger partial charge in [-0.2, -0.15) is 0 Å². The molecule has 0 aromatic heterocycles. The molecule has 2 nitrogen and oxygen atoms in total. The fourth-order valence-corrected chi connectivity index (χ4v) is 2.59. The minimum absolute atomic E-state index is 0.245. The number of hydrogen-bond donors (Lipinski definition) is 0. The van der Waals surface area contributed by atoms with Crippen LogP contribution in [0.2, 0.25) is 0 Å². The standard InChI is InChI=1S/C15H21NO/c1-12-7-6-10-14(11-12)16(2)15(17)13-8-4-3-5-9-13/h6-7,10-11,13H,3-5,8-9H2,1-2H3. The number of anilines is 1. The number of hydrogen-bond acceptors (Lipinski definition) is 1. The molecule has 1 aliphatic carbocycles. The average Bonchev–Trinajstić information content (AvgIpc) is 2.38. The maximum Gasteiger partial charge on any atom is 0.229 e. The van der Waals surface area contributed by atoms with Crippen LogP contribution in [0.4, 0.5) is 5.69 Å². The van der Waals surface area contributed by atoms with Crippen molar-refractivity contribution in [1.82, 2.24) is 0 Å². The molecule has 0 N–H and O–H groups in total. The van der Waals surface area contributed by atoms with E-state index in [1.807, 2.05) is 24.1 Å². The third-order valence-electron chi connectivity index (χ3n) is 3.67. The lowest BCUT2D eigenvalue weighted by atomic mass is 9.88. The molecule has 92 valence electrons. The second-order valence-electron chi connectivity index (χ2n) is 5.07. The number of rotatable bonds is 2. The highest BCUT2D eigenvalue weighted by atomic mass is 16.2. The van der Waals surface area contributed by atoms with Gasteiger partial charge < -0.3 is 4.90 Å². The fourth-order valence-electron chi connectivity index (χ4n) is 2.59. The van der Waals surface area contributed by atoms with Gasteiger partial charge in [0.1, 0.15) is 0 Å². The molecule has 1 fully saturated rings. The summed E-state index contributed by atoms with van der Waals surface area (Å²) in [5, 5.41) is 0. The van der Waals surface area contributed by atoms with Crippen LogP contribution in [-0.2, 0) is 4.79 Å². The van der Waals surface area contributed by atoms with E-state index in [9.17, 15) is 4.79 Å². The molecule has 0 spiro atoms. The molecule has 2 rings (SSSR count). The van der Waals surface area contributed by atoms with Gasteiger partial charge in [0.25, 0.3) is 0 Å². The normalized spacial score (nSPS) is 16.8. The molecule has 1 aliphatic rings. The highest BCUT2D eigenvalue weighted by Gasteiger charge is 2.24. The largest absolute Gasteiger partial charge is 0.315 e. The smallest absolute Gasteiger partial charge is 0.229 e. The van der Waals surface area contributed by atoms with Crippen molar-refractivity contribution in [2.75, 3.05) is 11.9 Å². The lowest BCUT2D eigenvalue weighted by molar-refractivity contribution is -0.123. The maximum absolute atomic E-state index is 12.3. The van der Waals surface area contributed by atoms with Crippen LogP contribution in [0.5, 0.6) is 0 Å². The molecule has 0 bridgehead atoms. The van der Waals surface area contributed by atoms with Gasteiger partial charge in [-0.3, -0.25) is 4.79 Å². The first-order valence-electron chi connectivity index (χ1n) is 6.53. The Morgan fingerprint density at radius 3 is 2.59 bits per heavy atom. The molecule has 17 heavy (non-hydrogen) atoms. The summed E-state index contributed by atoms with van der Waals surface area (Å²) in [7, 11) is 1.89. The first kappa shape index (κ1) is 12.2. The Balaban J connectivity index is 2.08. The van der Waals surface area contributed by atoms with E-state index in [1.54, 1.807) is 0 Å². The summed E-state index contributed by atoms with van der Waals surface area (Å²) in [6.07, 6.45) is 5.83. The van der Waals surface area contributed by atoms with E-state index in [0.29, 0.717) is 0 Å². The third-order valence-corrected chi connectivity index (χ3v) is 3.67. The van der Waals surface area contributed by atoms with E-state index in [-0.39, 0.29) is 11.8 Å². The zero-order chi connectivity index (χ0) is 12.3. The Morgan fingerprint density at radius 2 is 1.94 bits per heavy atom. The van der Waals surface area contributed by atoms with Crippen molar-refractivity contribution in [3.63, 3.8) is 0 Å². The highest BCUT2D eigenvalue weighted by molar-refractivity contribution is 5.94. The van der Waals surface area contributed by atoms with Crippen molar-refractivity contribution in [2.24, 2.45) is 5.92 Å². The first-order valence-corrected chi connectivity index (χ1v) is 6.53. The van der Waals surface area contributed by atoms with Gasteiger partial charge in [-0.1, -0.05) is 31.4 Å². The molecular formula is C15H21NO. The van der Waals surface area contributed by atoms with Crippen LogP contribution >= 0.6 is 0 Å². The Hall–Kier alpha value is -1.31. The van der Waals surface area contributed by atoms with E-state index in [2.05, 4.69) is 19.1 Å². The number of aryl methyl sites for hydroxylation is 1. The molecule has 0 heterocycles. The van der Waals surface area contributed by atoms with Crippen LogP contribution in [0.1, 0.15) is 37.7 Å². The fraction of sp³-hybridized carbons (Fsp3) is 0.533. The van der Waals surface area contributed by atoms with Crippen molar-refractivity contribution < 1.29 is 4.79 Å². The lowest BCUT2D eigenvalue weighted by Crippen LogP contribution is -2.33. The van der Waals surface area contributed by atoms with Gasteiger partial charge in [0.2, 0.25) is 5.91 Å². The number of nitrogens with zero attached hydrogens (tertiary/aromatic N) is 1. The zero-order valence-electron chi connectivity index (χ0n) is 10.8. The van der Waals surface area contributed by atoms with Crippen LogP contribution < -0.4 is 4.90 Å². The molecule has 0 radical (unpaired) electrons. The topological polar surface area (TPSA) is 20.3 Å². The molecule has 2 heteroatoms. The summed E-state index contributed by atoms with van der Waals surface area (Å²) in [6, 6.07) is 8.15. The Bertz CT molecular complexity index is 394. The van der Waals surface area contributed by atoms with E-state index >= 15 is 0 Å². The number of amides is 1. The monoisotopic (exact) mass is 231 g/mol. The predicted molar refractivity (Wildman–Crippen MR) is 71.2 cm³/mol. The van der Waals surface area contributed by atoms with E-state index < -0.39 is 0 Å². The van der Waals surface area contributed by atoms with Gasteiger partial charge in [-0.15, -0.1) is 0 Å². The quantitative estimate of drug-likeness (QED) is 0.762. The summed E-state index contributed by atoms with van der Waals surface area (Å²) >= 11 is 0. The number of benzene rings is 1. The Labute approximate surface area is 104 Å². The molecule has 0 atom stereocenters. The number of carbonyl (C=O) groups excluding carboxylic acids is 1. The van der Waals surface area contributed by atoms with Crippen LogP contribution in [0.15, 0.2) is 24.3 Å². The van der Waals surface area contributed by atoms with Crippen LogP contribution in [0.3, 0.4) is 0 Å². The van der Waals surface area contributed by atoms with Crippen molar-refractivity contribution in [3.8, 4) is 0 Å². The van der Waals surface area contributed by atoms with Gasteiger partial charge in [-0.05, 0) is 37.5 Å². The molecule has 1 aromatic carbocycles. The minimum Gasteiger partial charge on any atom is -0.315 e. The first-order chi connectivity index (χ1) is 8.18. The molecule has 0 saturated heterocycles. The molecule has 1 amide bonds. The molecule has 0 unspecified atom stereocenters. The van der Waals surface area contributed by atoms with Crippen LogP contribution in [0.25, 0.3) is 0 Å². The van der Waals surface area contributed by atoms with E-state index in [1.165, 1.54) is 24.8 Å².